The maximum atomic E-state index is 12.8. The van der Waals surface area contributed by atoms with E-state index in [2.05, 4.69) is 20.9 Å². The molecule has 0 saturated heterocycles. The molecule has 1 rings (SSSR count). The lowest BCUT2D eigenvalue weighted by molar-refractivity contribution is -0.0373. The standard InChI is InChI=1S/C9H13BrF2N2/c10-7(5-13)6-14-8-1-3-9(11,12)4-2-8/h5-6,8H,1-4,13H2. The maximum absolute atomic E-state index is 12.8. The van der Waals surface area contributed by atoms with Crippen LogP contribution in [0.1, 0.15) is 25.7 Å². The minimum Gasteiger partial charge on any atom is -0.404 e. The van der Waals surface area contributed by atoms with Crippen molar-refractivity contribution in [2.75, 3.05) is 0 Å². The normalized spacial score (nSPS) is 24.4. The number of halogens is 3. The molecule has 5 heteroatoms. The summed E-state index contributed by atoms with van der Waals surface area (Å²) in [6.45, 7) is 0. The summed E-state index contributed by atoms with van der Waals surface area (Å²) < 4.78 is 26.2. The molecule has 1 fully saturated rings. The van der Waals surface area contributed by atoms with Crippen molar-refractivity contribution in [3.63, 3.8) is 0 Å². The van der Waals surface area contributed by atoms with E-state index in [0.717, 1.165) is 0 Å². The molecule has 14 heavy (non-hydrogen) atoms. The quantitative estimate of drug-likeness (QED) is 0.767. The van der Waals surface area contributed by atoms with Gasteiger partial charge in [-0.25, -0.2) is 8.78 Å². The Balaban J connectivity index is 2.40. The van der Waals surface area contributed by atoms with Crippen molar-refractivity contribution < 1.29 is 8.78 Å². The third kappa shape index (κ3) is 3.74. The second-order valence-electron chi connectivity index (χ2n) is 3.42. The summed E-state index contributed by atoms with van der Waals surface area (Å²) in [6, 6.07) is 0.0159. The fourth-order valence-corrected chi connectivity index (χ4v) is 1.51. The van der Waals surface area contributed by atoms with Crippen molar-refractivity contribution in [3.05, 3.63) is 10.7 Å². The number of nitrogens with zero attached hydrogens (tertiary/aromatic N) is 1. The molecular weight excluding hydrogens is 254 g/mol. The lowest BCUT2D eigenvalue weighted by atomic mass is 9.93. The average molecular weight is 267 g/mol. The SMILES string of the molecule is NC=C(Br)C=NC1CCC(F)(F)CC1. The zero-order valence-corrected chi connectivity index (χ0v) is 9.30. The molecule has 0 radical (unpaired) electrons. The maximum Gasteiger partial charge on any atom is 0.248 e. The summed E-state index contributed by atoms with van der Waals surface area (Å²) in [6.07, 6.45) is 3.75. The largest absolute Gasteiger partial charge is 0.404 e. The van der Waals surface area contributed by atoms with Gasteiger partial charge in [0.15, 0.2) is 0 Å². The van der Waals surface area contributed by atoms with Crippen LogP contribution >= 0.6 is 15.9 Å². The van der Waals surface area contributed by atoms with Crippen LogP contribution in [0.25, 0.3) is 0 Å². The Morgan fingerprint density at radius 2 is 2.00 bits per heavy atom. The van der Waals surface area contributed by atoms with Gasteiger partial charge in [0.05, 0.1) is 10.5 Å². The van der Waals surface area contributed by atoms with E-state index in [9.17, 15) is 8.78 Å². The van der Waals surface area contributed by atoms with Crippen molar-refractivity contribution in [1.82, 2.24) is 0 Å². The van der Waals surface area contributed by atoms with E-state index >= 15 is 0 Å². The molecule has 1 aliphatic carbocycles. The molecule has 2 N–H and O–H groups in total. The van der Waals surface area contributed by atoms with Crippen LogP contribution < -0.4 is 5.73 Å². The minimum atomic E-state index is -2.48. The molecule has 0 bridgehead atoms. The second-order valence-corrected chi connectivity index (χ2v) is 4.33. The van der Waals surface area contributed by atoms with Crippen LogP contribution in [0.4, 0.5) is 8.78 Å². The van der Waals surface area contributed by atoms with E-state index in [1.54, 1.807) is 6.21 Å². The molecule has 2 nitrogen and oxygen atoms in total. The minimum absolute atomic E-state index is 0.0159. The van der Waals surface area contributed by atoms with Gasteiger partial charge in [-0.15, -0.1) is 0 Å². The fourth-order valence-electron chi connectivity index (χ4n) is 1.39. The second kappa shape index (κ2) is 4.87. The van der Waals surface area contributed by atoms with Crippen molar-refractivity contribution >= 4 is 22.1 Å². The highest BCUT2D eigenvalue weighted by Crippen LogP contribution is 2.34. The number of hydrogen-bond donors (Lipinski definition) is 1. The lowest BCUT2D eigenvalue weighted by Crippen LogP contribution is -2.26. The van der Waals surface area contributed by atoms with Crippen LogP contribution in [0.15, 0.2) is 15.7 Å². The average Bonchev–Trinajstić information content (AvgIpc) is 2.16. The molecule has 0 aromatic heterocycles. The Labute approximate surface area is 90.4 Å². The fraction of sp³-hybridized carbons (Fsp3) is 0.667. The highest BCUT2D eigenvalue weighted by Gasteiger charge is 2.34. The molecule has 0 spiro atoms. The Bertz CT molecular complexity index is 241. The van der Waals surface area contributed by atoms with Gasteiger partial charge in [-0.05, 0) is 28.8 Å². The van der Waals surface area contributed by atoms with Crippen LogP contribution in [-0.4, -0.2) is 18.2 Å². The van der Waals surface area contributed by atoms with Crippen LogP contribution in [0, 0.1) is 0 Å². The Morgan fingerprint density at radius 1 is 1.43 bits per heavy atom. The summed E-state index contributed by atoms with van der Waals surface area (Å²) in [5.41, 5.74) is 5.21. The highest BCUT2D eigenvalue weighted by molar-refractivity contribution is 9.12. The Hall–Kier alpha value is -0.450. The lowest BCUT2D eigenvalue weighted by Gasteiger charge is -2.25. The summed E-state index contributed by atoms with van der Waals surface area (Å²) in [5.74, 6) is -2.48. The first-order chi connectivity index (χ1) is 6.53. The third-order valence-electron chi connectivity index (χ3n) is 2.25. The van der Waals surface area contributed by atoms with Crippen LogP contribution in [0.2, 0.25) is 0 Å². The number of alkyl halides is 2. The zero-order chi connectivity index (χ0) is 10.6. The van der Waals surface area contributed by atoms with Crippen LogP contribution in [0.5, 0.6) is 0 Å². The number of allylic oxidation sites excluding steroid dienone is 1. The predicted molar refractivity (Wildman–Crippen MR) is 56.9 cm³/mol. The monoisotopic (exact) mass is 266 g/mol. The molecule has 0 unspecified atom stereocenters. The molecule has 0 amide bonds. The van der Waals surface area contributed by atoms with Crippen molar-refractivity contribution in [1.29, 1.82) is 0 Å². The molecular formula is C9H13BrF2N2. The Morgan fingerprint density at radius 3 is 2.50 bits per heavy atom. The van der Waals surface area contributed by atoms with Gasteiger partial charge >= 0.3 is 0 Å². The zero-order valence-electron chi connectivity index (χ0n) is 7.72. The van der Waals surface area contributed by atoms with Gasteiger partial charge in [-0.3, -0.25) is 4.99 Å². The molecule has 0 atom stereocenters. The Kier molecular flexibility index (Phi) is 4.04. The summed E-state index contributed by atoms with van der Waals surface area (Å²) >= 11 is 3.16. The van der Waals surface area contributed by atoms with Crippen molar-refractivity contribution in [2.24, 2.45) is 10.7 Å². The molecule has 1 aliphatic rings. The van der Waals surface area contributed by atoms with Gasteiger partial charge in [0.25, 0.3) is 0 Å². The van der Waals surface area contributed by atoms with Crippen molar-refractivity contribution in [2.45, 2.75) is 37.6 Å². The van der Waals surface area contributed by atoms with E-state index in [4.69, 9.17) is 5.73 Å². The highest BCUT2D eigenvalue weighted by atomic mass is 79.9. The first kappa shape index (κ1) is 11.6. The summed E-state index contributed by atoms with van der Waals surface area (Å²) in [7, 11) is 0. The van der Waals surface area contributed by atoms with Gasteiger partial charge in [0.2, 0.25) is 5.92 Å². The molecule has 0 aromatic carbocycles. The summed E-state index contributed by atoms with van der Waals surface area (Å²) in [4.78, 5) is 4.17. The first-order valence-electron chi connectivity index (χ1n) is 4.52. The molecule has 0 aromatic rings. The van der Waals surface area contributed by atoms with Crippen LogP contribution in [0.3, 0.4) is 0 Å². The van der Waals surface area contributed by atoms with Crippen molar-refractivity contribution in [3.8, 4) is 0 Å². The van der Waals surface area contributed by atoms with Gasteiger partial charge in [0, 0.05) is 25.3 Å². The van der Waals surface area contributed by atoms with Gasteiger partial charge in [-0.1, -0.05) is 0 Å². The van der Waals surface area contributed by atoms with E-state index in [0.29, 0.717) is 17.3 Å². The van der Waals surface area contributed by atoms with Gasteiger partial charge in [-0.2, -0.15) is 0 Å². The predicted octanol–water partition coefficient (Wildman–Crippen LogP) is 2.83. The van der Waals surface area contributed by atoms with E-state index in [1.807, 2.05) is 0 Å². The van der Waals surface area contributed by atoms with E-state index in [-0.39, 0.29) is 18.9 Å². The van der Waals surface area contributed by atoms with Crippen LogP contribution in [-0.2, 0) is 0 Å². The molecule has 1 saturated carbocycles. The number of rotatable bonds is 2. The summed E-state index contributed by atoms with van der Waals surface area (Å²) in [5, 5.41) is 0. The topological polar surface area (TPSA) is 38.4 Å². The first-order valence-corrected chi connectivity index (χ1v) is 5.31. The van der Waals surface area contributed by atoms with E-state index in [1.165, 1.54) is 6.20 Å². The molecule has 80 valence electrons. The number of hydrogen-bond acceptors (Lipinski definition) is 2. The van der Waals surface area contributed by atoms with Gasteiger partial charge < -0.3 is 5.73 Å². The number of nitrogens with two attached hydrogens (primary N) is 1. The molecule has 0 aliphatic heterocycles. The van der Waals surface area contributed by atoms with Gasteiger partial charge in [0.1, 0.15) is 0 Å². The third-order valence-corrected chi connectivity index (χ3v) is 2.72. The molecule has 0 heterocycles. The smallest absolute Gasteiger partial charge is 0.248 e. The van der Waals surface area contributed by atoms with E-state index < -0.39 is 5.92 Å². The number of aliphatic imine (C=N–C) groups is 1.